The number of benzene rings is 2. The molecule has 1 aliphatic rings. The van der Waals surface area contributed by atoms with Gasteiger partial charge < -0.3 is 15.0 Å². The first-order chi connectivity index (χ1) is 14.5. The maximum Gasteiger partial charge on any atom is 0.350 e. The van der Waals surface area contributed by atoms with Gasteiger partial charge in [0.1, 0.15) is 18.1 Å². The molecule has 0 bridgehead atoms. The summed E-state index contributed by atoms with van der Waals surface area (Å²) < 4.78 is 6.57. The van der Waals surface area contributed by atoms with Crippen molar-refractivity contribution in [3.63, 3.8) is 0 Å². The van der Waals surface area contributed by atoms with Crippen molar-refractivity contribution in [2.24, 2.45) is 5.92 Å². The summed E-state index contributed by atoms with van der Waals surface area (Å²) in [7, 11) is 1.59. The Labute approximate surface area is 175 Å². The Bertz CT molecular complexity index is 1100. The number of nitrogens with one attached hydrogen (secondary N) is 1. The van der Waals surface area contributed by atoms with Gasteiger partial charge in [0.15, 0.2) is 0 Å². The Balaban J connectivity index is 1.61. The van der Waals surface area contributed by atoms with Crippen LogP contribution < -0.4 is 20.6 Å². The minimum atomic E-state index is -0.410. The molecule has 1 aromatic heterocycles. The van der Waals surface area contributed by atoms with Crippen molar-refractivity contribution in [3.8, 4) is 5.75 Å². The van der Waals surface area contributed by atoms with Crippen molar-refractivity contribution in [3.05, 3.63) is 59.0 Å². The molecule has 7 heteroatoms. The fraction of sp³-hybridized carbons (Fsp3) is 0.348. The van der Waals surface area contributed by atoms with Gasteiger partial charge in [-0.3, -0.25) is 9.36 Å². The Morgan fingerprint density at radius 3 is 2.53 bits per heavy atom. The summed E-state index contributed by atoms with van der Waals surface area (Å²) >= 11 is 0. The lowest BCUT2D eigenvalue weighted by molar-refractivity contribution is -0.116. The number of carbonyl (C=O) groups excluding carboxylic acids is 1. The average molecular weight is 406 g/mol. The van der Waals surface area contributed by atoms with Gasteiger partial charge in [-0.05, 0) is 55.2 Å². The topological polar surface area (TPSA) is 76.5 Å². The SMILES string of the molecule is COc1ccc(NC(=O)Cn2c(=O)nc(N3CCC(C)CC3)c3ccccc32)cc1. The van der Waals surface area contributed by atoms with E-state index in [0.29, 0.717) is 23.2 Å². The molecule has 1 fully saturated rings. The second-order valence-corrected chi connectivity index (χ2v) is 7.77. The Morgan fingerprint density at radius 1 is 1.13 bits per heavy atom. The van der Waals surface area contributed by atoms with Crippen molar-refractivity contribution in [1.29, 1.82) is 0 Å². The zero-order valence-corrected chi connectivity index (χ0v) is 17.3. The second kappa shape index (κ2) is 8.57. The van der Waals surface area contributed by atoms with E-state index < -0.39 is 5.69 Å². The number of aromatic nitrogens is 2. The maximum absolute atomic E-state index is 12.9. The van der Waals surface area contributed by atoms with E-state index in [1.165, 1.54) is 4.57 Å². The summed E-state index contributed by atoms with van der Waals surface area (Å²) in [6, 6.07) is 14.7. The number of methoxy groups -OCH3 is 1. The van der Waals surface area contributed by atoms with Gasteiger partial charge in [0.25, 0.3) is 0 Å². The van der Waals surface area contributed by atoms with E-state index in [1.807, 2.05) is 24.3 Å². The highest BCUT2D eigenvalue weighted by Gasteiger charge is 2.21. The fourth-order valence-electron chi connectivity index (χ4n) is 3.85. The first kappa shape index (κ1) is 19.9. The van der Waals surface area contributed by atoms with Gasteiger partial charge in [0.05, 0.1) is 12.6 Å². The molecule has 1 aliphatic heterocycles. The molecule has 156 valence electrons. The number of nitrogens with zero attached hydrogens (tertiary/aromatic N) is 3. The standard InChI is InChI=1S/C23H26N4O3/c1-16-11-13-26(14-12-16)22-19-5-3-4-6-20(19)27(23(29)25-22)15-21(28)24-17-7-9-18(30-2)10-8-17/h3-10,16H,11-15H2,1-2H3,(H,24,28). The molecule has 1 amide bonds. The number of piperidine rings is 1. The predicted octanol–water partition coefficient (Wildman–Crippen LogP) is 3.28. The molecule has 0 atom stereocenters. The van der Waals surface area contributed by atoms with Crippen LogP contribution >= 0.6 is 0 Å². The van der Waals surface area contributed by atoms with Crippen molar-refractivity contribution in [1.82, 2.24) is 9.55 Å². The number of hydrogen-bond donors (Lipinski definition) is 1. The molecule has 0 radical (unpaired) electrons. The zero-order chi connectivity index (χ0) is 21.1. The molecule has 30 heavy (non-hydrogen) atoms. The van der Waals surface area contributed by atoms with Crippen LogP contribution in [0.3, 0.4) is 0 Å². The van der Waals surface area contributed by atoms with Gasteiger partial charge in [-0.2, -0.15) is 4.98 Å². The van der Waals surface area contributed by atoms with Crippen LogP contribution in [0.4, 0.5) is 11.5 Å². The highest BCUT2D eigenvalue weighted by molar-refractivity contribution is 5.93. The first-order valence-electron chi connectivity index (χ1n) is 10.2. The Hall–Kier alpha value is -3.35. The molecular formula is C23H26N4O3. The van der Waals surface area contributed by atoms with E-state index >= 15 is 0 Å². The highest BCUT2D eigenvalue weighted by Crippen LogP contribution is 2.27. The van der Waals surface area contributed by atoms with E-state index in [-0.39, 0.29) is 12.5 Å². The lowest BCUT2D eigenvalue weighted by Gasteiger charge is -2.32. The van der Waals surface area contributed by atoms with Gasteiger partial charge in [0, 0.05) is 24.2 Å². The lowest BCUT2D eigenvalue weighted by atomic mass is 9.99. The second-order valence-electron chi connectivity index (χ2n) is 7.77. The van der Waals surface area contributed by atoms with Crippen molar-refractivity contribution < 1.29 is 9.53 Å². The average Bonchev–Trinajstić information content (AvgIpc) is 2.77. The van der Waals surface area contributed by atoms with Crippen LogP contribution in [0.15, 0.2) is 53.3 Å². The third-order valence-electron chi connectivity index (χ3n) is 5.63. The highest BCUT2D eigenvalue weighted by atomic mass is 16.5. The number of ether oxygens (including phenoxy) is 1. The number of fused-ring (bicyclic) bond motifs is 1. The predicted molar refractivity (Wildman–Crippen MR) is 118 cm³/mol. The molecule has 4 rings (SSSR count). The number of carbonyl (C=O) groups is 1. The molecule has 7 nitrogen and oxygen atoms in total. The number of anilines is 2. The molecular weight excluding hydrogens is 380 g/mol. The molecule has 3 aromatic rings. The molecule has 0 spiro atoms. The van der Waals surface area contributed by atoms with Crippen LogP contribution in [0.5, 0.6) is 5.75 Å². The number of para-hydroxylation sites is 1. The largest absolute Gasteiger partial charge is 0.497 e. The Kier molecular flexibility index (Phi) is 5.70. The van der Waals surface area contributed by atoms with Crippen LogP contribution in [0.25, 0.3) is 10.9 Å². The summed E-state index contributed by atoms with van der Waals surface area (Å²) in [5, 5.41) is 3.72. The number of amides is 1. The van der Waals surface area contributed by atoms with Crippen molar-refractivity contribution in [2.75, 3.05) is 30.4 Å². The Morgan fingerprint density at radius 2 is 1.83 bits per heavy atom. The van der Waals surface area contributed by atoms with Gasteiger partial charge in [0.2, 0.25) is 5.91 Å². The third kappa shape index (κ3) is 4.15. The van der Waals surface area contributed by atoms with Gasteiger partial charge in [-0.25, -0.2) is 4.79 Å². The number of hydrogen-bond acceptors (Lipinski definition) is 5. The molecule has 0 saturated carbocycles. The van der Waals surface area contributed by atoms with Crippen LogP contribution in [0, 0.1) is 5.92 Å². The van der Waals surface area contributed by atoms with Crippen LogP contribution in [0.2, 0.25) is 0 Å². The van der Waals surface area contributed by atoms with Gasteiger partial charge in [-0.1, -0.05) is 19.1 Å². The first-order valence-corrected chi connectivity index (χ1v) is 10.2. The zero-order valence-electron chi connectivity index (χ0n) is 17.3. The fourth-order valence-corrected chi connectivity index (χ4v) is 3.85. The molecule has 1 N–H and O–H groups in total. The van der Waals surface area contributed by atoms with E-state index in [0.717, 1.165) is 36.8 Å². The molecule has 0 aliphatic carbocycles. The van der Waals surface area contributed by atoms with Crippen molar-refractivity contribution in [2.45, 2.75) is 26.3 Å². The maximum atomic E-state index is 12.9. The molecule has 2 aromatic carbocycles. The summed E-state index contributed by atoms with van der Waals surface area (Å²) in [6.45, 7) is 3.93. The van der Waals surface area contributed by atoms with E-state index in [4.69, 9.17) is 4.74 Å². The summed E-state index contributed by atoms with van der Waals surface area (Å²) in [4.78, 5) is 32.0. The summed E-state index contributed by atoms with van der Waals surface area (Å²) in [6.07, 6.45) is 2.17. The van der Waals surface area contributed by atoms with E-state index in [2.05, 4.69) is 22.1 Å². The van der Waals surface area contributed by atoms with E-state index in [1.54, 1.807) is 31.4 Å². The van der Waals surface area contributed by atoms with E-state index in [9.17, 15) is 9.59 Å². The quantitative estimate of drug-likeness (QED) is 0.704. The minimum absolute atomic E-state index is 0.101. The smallest absolute Gasteiger partial charge is 0.350 e. The third-order valence-corrected chi connectivity index (χ3v) is 5.63. The molecule has 2 heterocycles. The van der Waals surface area contributed by atoms with Crippen molar-refractivity contribution >= 4 is 28.3 Å². The molecule has 1 saturated heterocycles. The van der Waals surface area contributed by atoms with Crippen LogP contribution in [0.1, 0.15) is 19.8 Å². The monoisotopic (exact) mass is 406 g/mol. The van der Waals surface area contributed by atoms with Gasteiger partial charge >= 0.3 is 5.69 Å². The van der Waals surface area contributed by atoms with Crippen LogP contribution in [-0.4, -0.2) is 35.7 Å². The number of rotatable bonds is 5. The minimum Gasteiger partial charge on any atom is -0.497 e. The summed E-state index contributed by atoms with van der Waals surface area (Å²) in [5.74, 6) is 1.83. The molecule has 0 unspecified atom stereocenters. The van der Waals surface area contributed by atoms with Gasteiger partial charge in [-0.15, -0.1) is 0 Å². The lowest BCUT2D eigenvalue weighted by Crippen LogP contribution is -2.37. The summed E-state index contributed by atoms with van der Waals surface area (Å²) in [5.41, 5.74) is 0.952. The van der Waals surface area contributed by atoms with Crippen LogP contribution in [-0.2, 0) is 11.3 Å². The normalized spacial score (nSPS) is 14.7.